The Hall–Kier alpha value is -3.09. The van der Waals surface area contributed by atoms with Gasteiger partial charge in [0.25, 0.3) is 0 Å². The quantitative estimate of drug-likeness (QED) is 0.624. The lowest BCUT2D eigenvalue weighted by Gasteiger charge is -2.16. The van der Waals surface area contributed by atoms with E-state index < -0.39 is 20.9 Å². The van der Waals surface area contributed by atoms with Crippen LogP contribution < -0.4 is 4.74 Å². The van der Waals surface area contributed by atoms with Crippen molar-refractivity contribution >= 4 is 27.4 Å². The molecule has 2 heterocycles. The number of hydrogen-bond acceptors (Lipinski definition) is 7. The number of nitrogens with zero attached hydrogens (tertiary/aromatic N) is 2. The van der Waals surface area contributed by atoms with Gasteiger partial charge >= 0.3 is 0 Å². The Morgan fingerprint density at radius 1 is 1.24 bits per heavy atom. The summed E-state index contributed by atoms with van der Waals surface area (Å²) >= 11 is 1.54. The van der Waals surface area contributed by atoms with E-state index in [9.17, 15) is 18.5 Å². The van der Waals surface area contributed by atoms with E-state index in [1.807, 2.05) is 24.3 Å². The van der Waals surface area contributed by atoms with E-state index in [-0.39, 0.29) is 10.6 Å². The second-order valence-corrected chi connectivity index (χ2v) is 9.35. The van der Waals surface area contributed by atoms with Crippen LogP contribution in [0.5, 0.6) is 5.75 Å². The maximum absolute atomic E-state index is 13.1. The Balaban J connectivity index is 1.72. The molecule has 1 atom stereocenters. The fraction of sp³-hybridized carbons (Fsp3) is 0.150. The van der Waals surface area contributed by atoms with Gasteiger partial charge in [0.05, 0.1) is 23.8 Å². The summed E-state index contributed by atoms with van der Waals surface area (Å²) in [5, 5.41) is 14.6. The van der Waals surface area contributed by atoms with Gasteiger partial charge in [0, 0.05) is 21.8 Å². The number of carbonyl (C=O) groups is 1. The van der Waals surface area contributed by atoms with Crippen molar-refractivity contribution in [3.8, 4) is 23.1 Å². The zero-order valence-electron chi connectivity index (χ0n) is 15.2. The van der Waals surface area contributed by atoms with E-state index in [0.717, 1.165) is 10.5 Å². The molecule has 0 fully saturated rings. The van der Waals surface area contributed by atoms with Gasteiger partial charge in [0.2, 0.25) is 20.9 Å². The third-order valence-corrected chi connectivity index (χ3v) is 7.65. The minimum absolute atomic E-state index is 0.0608. The minimum atomic E-state index is -4.21. The van der Waals surface area contributed by atoms with Crippen LogP contribution in [0, 0.1) is 11.3 Å². The van der Waals surface area contributed by atoms with Crippen LogP contribution >= 0.6 is 11.8 Å². The first kappa shape index (κ1) is 19.2. The summed E-state index contributed by atoms with van der Waals surface area (Å²) in [5.41, 5.74) is 2.16. The molecule has 1 N–H and O–H groups in total. The highest BCUT2D eigenvalue weighted by Gasteiger charge is 2.38. The van der Waals surface area contributed by atoms with E-state index in [4.69, 9.17) is 4.74 Å². The molecule has 0 bridgehead atoms. The number of nitriles is 1. The zero-order chi connectivity index (χ0) is 20.6. The number of ether oxygens (including phenoxy) is 1. The number of Topliss-reactive ketones (excluding diaryl/α,β-unsaturated/α-hetero) is 1. The number of hydrogen-bond donors (Lipinski definition) is 1. The average Bonchev–Trinajstić information content (AvgIpc) is 3.18. The van der Waals surface area contributed by atoms with E-state index in [0.29, 0.717) is 22.8 Å². The van der Waals surface area contributed by atoms with Crippen molar-refractivity contribution in [2.45, 2.75) is 20.8 Å². The largest absolute Gasteiger partial charge is 0.497 e. The fourth-order valence-electron chi connectivity index (χ4n) is 3.17. The predicted octanol–water partition coefficient (Wildman–Crippen LogP) is 3.24. The van der Waals surface area contributed by atoms with Gasteiger partial charge in [-0.2, -0.15) is 10.4 Å². The van der Waals surface area contributed by atoms with Crippen molar-refractivity contribution in [2.24, 2.45) is 0 Å². The van der Waals surface area contributed by atoms with Gasteiger partial charge in [0.15, 0.2) is 0 Å². The number of H-pyrrole nitrogens is 1. The molecule has 29 heavy (non-hydrogen) atoms. The number of thioether (sulfide) groups is 1. The highest BCUT2D eigenvalue weighted by molar-refractivity contribution is 7.98. The predicted molar refractivity (Wildman–Crippen MR) is 107 cm³/mol. The van der Waals surface area contributed by atoms with Crippen LogP contribution in [-0.2, 0) is 15.6 Å². The average molecular weight is 425 g/mol. The summed E-state index contributed by atoms with van der Waals surface area (Å²) in [7, 11) is -2.75. The molecule has 0 aliphatic carbocycles. The Labute approximate surface area is 171 Å². The number of rotatable bonds is 5. The third-order valence-electron chi connectivity index (χ3n) is 4.68. The number of aromatic amines is 1. The molecule has 9 heteroatoms. The number of benzene rings is 2. The molecule has 4 rings (SSSR count). The molecule has 146 valence electrons. The van der Waals surface area contributed by atoms with Crippen molar-refractivity contribution in [3.63, 3.8) is 0 Å². The molecule has 1 aromatic heterocycles. The van der Waals surface area contributed by atoms with Crippen LogP contribution in [0.15, 0.2) is 58.3 Å². The molecule has 0 amide bonds. The molecule has 3 aromatic rings. The Morgan fingerprint density at radius 2 is 1.97 bits per heavy atom. The van der Waals surface area contributed by atoms with E-state index in [2.05, 4.69) is 10.2 Å². The molecule has 1 unspecified atom stereocenters. The fourth-order valence-corrected chi connectivity index (χ4v) is 5.57. The molecule has 2 aromatic carbocycles. The monoisotopic (exact) mass is 425 g/mol. The van der Waals surface area contributed by atoms with Gasteiger partial charge in [0.1, 0.15) is 11.4 Å². The van der Waals surface area contributed by atoms with Gasteiger partial charge in [-0.1, -0.05) is 18.2 Å². The SMILES string of the molecule is COc1ccc(S(=O)(=O)C(C#N)C(=O)c2[nH]nc3c2CSc2ccccc2-3)cc1. The van der Waals surface area contributed by atoms with Gasteiger partial charge < -0.3 is 4.74 Å². The van der Waals surface area contributed by atoms with E-state index >= 15 is 0 Å². The van der Waals surface area contributed by atoms with Gasteiger partial charge in [-0.15, -0.1) is 11.8 Å². The third kappa shape index (κ3) is 3.20. The van der Waals surface area contributed by atoms with Gasteiger partial charge in [-0.3, -0.25) is 9.89 Å². The molecule has 0 spiro atoms. The molecule has 0 saturated carbocycles. The molecule has 1 aliphatic rings. The number of sulfone groups is 1. The standard InChI is InChI=1S/C20H15N3O4S2/c1-27-12-6-8-13(9-7-12)29(25,26)17(10-21)20(24)19-15-11-28-16-5-3-2-4-14(16)18(15)22-23-19/h2-9,17H,11H2,1H3,(H,22,23). The zero-order valence-corrected chi connectivity index (χ0v) is 16.9. The van der Waals surface area contributed by atoms with Crippen LogP contribution in [-0.4, -0.2) is 36.8 Å². The summed E-state index contributed by atoms with van der Waals surface area (Å²) in [6, 6.07) is 14.9. The van der Waals surface area contributed by atoms with Crippen molar-refractivity contribution in [1.82, 2.24) is 10.2 Å². The number of ketones is 1. The second kappa shape index (κ2) is 7.39. The first-order valence-corrected chi connectivity index (χ1v) is 11.1. The number of fused-ring (bicyclic) bond motifs is 3. The summed E-state index contributed by atoms with van der Waals surface area (Å²) in [6.45, 7) is 0. The lowest BCUT2D eigenvalue weighted by molar-refractivity contribution is 0.0995. The molecular weight excluding hydrogens is 410 g/mol. The summed E-state index contributed by atoms with van der Waals surface area (Å²) in [4.78, 5) is 14.0. The van der Waals surface area contributed by atoms with Crippen LogP contribution in [0.1, 0.15) is 16.1 Å². The highest BCUT2D eigenvalue weighted by Crippen LogP contribution is 2.41. The number of nitrogens with one attached hydrogen (secondary N) is 1. The van der Waals surface area contributed by atoms with E-state index in [1.54, 1.807) is 6.07 Å². The van der Waals surface area contributed by atoms with Crippen LogP contribution in [0.2, 0.25) is 0 Å². The molecule has 1 aliphatic heterocycles. The summed E-state index contributed by atoms with van der Waals surface area (Å²) < 4.78 is 30.9. The van der Waals surface area contributed by atoms with Crippen LogP contribution in [0.3, 0.4) is 0 Å². The number of methoxy groups -OCH3 is 1. The Bertz CT molecular complexity index is 1240. The van der Waals surface area contributed by atoms with Gasteiger partial charge in [-0.05, 0) is 30.3 Å². The van der Waals surface area contributed by atoms with Crippen LogP contribution in [0.4, 0.5) is 0 Å². The first-order chi connectivity index (χ1) is 14.0. The highest BCUT2D eigenvalue weighted by atomic mass is 32.2. The molecule has 0 saturated heterocycles. The molecule has 0 radical (unpaired) electrons. The van der Waals surface area contributed by atoms with Crippen LogP contribution in [0.25, 0.3) is 11.3 Å². The summed E-state index contributed by atoms with van der Waals surface area (Å²) in [6.07, 6.45) is 0. The molecular formula is C20H15N3O4S2. The van der Waals surface area contributed by atoms with E-state index in [1.165, 1.54) is 43.1 Å². The van der Waals surface area contributed by atoms with Crippen molar-refractivity contribution < 1.29 is 17.9 Å². The van der Waals surface area contributed by atoms with Crippen molar-refractivity contribution in [2.75, 3.05) is 7.11 Å². The Morgan fingerprint density at radius 3 is 2.66 bits per heavy atom. The lowest BCUT2D eigenvalue weighted by atomic mass is 10.0. The van der Waals surface area contributed by atoms with Crippen molar-refractivity contribution in [1.29, 1.82) is 5.26 Å². The lowest BCUT2D eigenvalue weighted by Crippen LogP contribution is -2.30. The maximum atomic E-state index is 13.1. The first-order valence-electron chi connectivity index (χ1n) is 8.58. The summed E-state index contributed by atoms with van der Waals surface area (Å²) in [5.74, 6) is 0.129. The topological polar surface area (TPSA) is 113 Å². The van der Waals surface area contributed by atoms with Crippen molar-refractivity contribution in [3.05, 3.63) is 59.8 Å². The smallest absolute Gasteiger partial charge is 0.216 e. The Kier molecular flexibility index (Phi) is 4.90. The molecule has 7 nitrogen and oxygen atoms in total. The number of carbonyl (C=O) groups excluding carboxylic acids is 1. The minimum Gasteiger partial charge on any atom is -0.497 e. The second-order valence-electron chi connectivity index (χ2n) is 6.30. The normalized spacial score (nSPS) is 13.7. The van der Waals surface area contributed by atoms with Gasteiger partial charge in [-0.25, -0.2) is 8.42 Å². The number of aromatic nitrogens is 2. The maximum Gasteiger partial charge on any atom is 0.216 e.